The number of nitrogens with zero attached hydrogens (tertiary/aromatic N) is 1. The number of rotatable bonds is 1. The molecule has 0 aliphatic heterocycles. The lowest BCUT2D eigenvalue weighted by atomic mass is 10.2. The van der Waals surface area contributed by atoms with Crippen molar-refractivity contribution in [2.45, 2.75) is 6.92 Å². The first kappa shape index (κ1) is 8.87. The van der Waals surface area contributed by atoms with E-state index in [1.807, 2.05) is 6.92 Å². The number of aromatic amines is 1. The van der Waals surface area contributed by atoms with Crippen molar-refractivity contribution in [3.8, 4) is 11.4 Å². The van der Waals surface area contributed by atoms with Crippen molar-refractivity contribution in [3.05, 3.63) is 41.7 Å². The zero-order valence-electron chi connectivity index (χ0n) is 7.51. The van der Waals surface area contributed by atoms with Gasteiger partial charge in [0.1, 0.15) is 17.5 Å². The van der Waals surface area contributed by atoms with E-state index >= 15 is 0 Å². The van der Waals surface area contributed by atoms with Gasteiger partial charge in [-0.25, -0.2) is 13.8 Å². The lowest BCUT2D eigenvalue weighted by molar-refractivity contribution is 0.585. The molecule has 0 spiro atoms. The summed E-state index contributed by atoms with van der Waals surface area (Å²) in [5, 5.41) is 0. The average Bonchev–Trinajstić information content (AvgIpc) is 2.51. The van der Waals surface area contributed by atoms with Crippen molar-refractivity contribution < 1.29 is 8.78 Å². The summed E-state index contributed by atoms with van der Waals surface area (Å²) >= 11 is 0. The molecule has 1 aromatic heterocycles. The molecule has 1 heterocycles. The van der Waals surface area contributed by atoms with Gasteiger partial charge in [0, 0.05) is 18.0 Å². The fraction of sp³-hybridized carbons (Fsp3) is 0.100. The van der Waals surface area contributed by atoms with Crippen molar-refractivity contribution in [2.75, 3.05) is 0 Å². The maximum atomic E-state index is 13.2. The molecule has 0 radical (unpaired) electrons. The van der Waals surface area contributed by atoms with Gasteiger partial charge in [-0.3, -0.25) is 0 Å². The molecule has 2 rings (SSSR count). The van der Waals surface area contributed by atoms with Crippen LogP contribution < -0.4 is 0 Å². The van der Waals surface area contributed by atoms with Crippen molar-refractivity contribution in [2.24, 2.45) is 0 Å². The van der Waals surface area contributed by atoms with E-state index in [9.17, 15) is 8.78 Å². The van der Waals surface area contributed by atoms with Gasteiger partial charge in [-0.1, -0.05) is 0 Å². The van der Waals surface area contributed by atoms with Crippen molar-refractivity contribution in [1.29, 1.82) is 0 Å². The van der Waals surface area contributed by atoms with Gasteiger partial charge >= 0.3 is 0 Å². The van der Waals surface area contributed by atoms with E-state index in [2.05, 4.69) is 9.97 Å². The van der Waals surface area contributed by atoms with Crippen LogP contribution in [0.25, 0.3) is 11.4 Å². The molecule has 4 heteroatoms. The van der Waals surface area contributed by atoms with Crippen molar-refractivity contribution in [1.82, 2.24) is 9.97 Å². The normalized spacial score (nSPS) is 10.5. The van der Waals surface area contributed by atoms with Crippen LogP contribution in [0.1, 0.15) is 5.69 Å². The summed E-state index contributed by atoms with van der Waals surface area (Å²) < 4.78 is 25.8. The van der Waals surface area contributed by atoms with E-state index in [4.69, 9.17) is 0 Å². The molecular weight excluding hydrogens is 186 g/mol. The second kappa shape index (κ2) is 3.21. The molecule has 72 valence electrons. The summed E-state index contributed by atoms with van der Waals surface area (Å²) in [6.07, 6.45) is 1.60. The van der Waals surface area contributed by atoms with Gasteiger partial charge in [0.2, 0.25) is 0 Å². The maximum absolute atomic E-state index is 13.2. The highest BCUT2D eigenvalue weighted by atomic mass is 19.1. The fourth-order valence-corrected chi connectivity index (χ4v) is 1.23. The summed E-state index contributed by atoms with van der Waals surface area (Å²) in [6, 6.07) is 3.41. The number of halogens is 2. The first-order chi connectivity index (χ1) is 6.66. The lowest BCUT2D eigenvalue weighted by Crippen LogP contribution is -1.87. The Balaban J connectivity index is 2.52. The van der Waals surface area contributed by atoms with Gasteiger partial charge < -0.3 is 4.98 Å². The first-order valence-corrected chi connectivity index (χ1v) is 4.14. The van der Waals surface area contributed by atoms with Gasteiger partial charge in [-0.05, 0) is 19.1 Å². The second-order valence-electron chi connectivity index (χ2n) is 3.04. The number of aromatic nitrogens is 2. The Labute approximate surface area is 79.6 Å². The number of hydrogen-bond donors (Lipinski definition) is 1. The van der Waals surface area contributed by atoms with E-state index in [0.717, 1.165) is 11.8 Å². The third-order valence-corrected chi connectivity index (χ3v) is 1.89. The van der Waals surface area contributed by atoms with Gasteiger partial charge in [-0.2, -0.15) is 0 Å². The molecule has 0 fully saturated rings. The number of benzene rings is 1. The monoisotopic (exact) mass is 194 g/mol. The molecule has 0 aliphatic rings. The van der Waals surface area contributed by atoms with Crippen LogP contribution >= 0.6 is 0 Å². The molecule has 0 unspecified atom stereocenters. The number of H-pyrrole nitrogens is 1. The summed E-state index contributed by atoms with van der Waals surface area (Å²) in [4.78, 5) is 6.84. The molecule has 0 saturated heterocycles. The molecule has 1 aromatic carbocycles. The molecule has 0 saturated carbocycles. The summed E-state index contributed by atoms with van der Waals surface area (Å²) in [5.41, 5.74) is 1.11. The van der Waals surface area contributed by atoms with Crippen LogP contribution in [0, 0.1) is 18.6 Å². The van der Waals surface area contributed by atoms with Crippen LogP contribution in [0.2, 0.25) is 0 Å². The SMILES string of the molecule is Cc1cnc(-c2ccc(F)cc2F)[nH]1. The van der Waals surface area contributed by atoms with Gasteiger partial charge in [-0.15, -0.1) is 0 Å². The number of nitrogens with one attached hydrogen (secondary N) is 1. The number of aryl methyl sites for hydroxylation is 1. The summed E-state index contributed by atoms with van der Waals surface area (Å²) in [5.74, 6) is -0.783. The Kier molecular flexibility index (Phi) is 2.04. The zero-order valence-corrected chi connectivity index (χ0v) is 7.51. The molecule has 0 atom stereocenters. The Bertz CT molecular complexity index is 463. The smallest absolute Gasteiger partial charge is 0.140 e. The summed E-state index contributed by atoms with van der Waals surface area (Å²) in [6.45, 7) is 1.82. The van der Waals surface area contributed by atoms with Crippen molar-refractivity contribution in [3.63, 3.8) is 0 Å². The molecule has 14 heavy (non-hydrogen) atoms. The standard InChI is InChI=1S/C10H8F2N2/c1-6-5-13-10(14-6)8-3-2-7(11)4-9(8)12/h2-5H,1H3,(H,13,14). The maximum Gasteiger partial charge on any atom is 0.140 e. The lowest BCUT2D eigenvalue weighted by Gasteiger charge is -1.98. The highest BCUT2D eigenvalue weighted by Gasteiger charge is 2.08. The minimum absolute atomic E-state index is 0.277. The highest BCUT2D eigenvalue weighted by Crippen LogP contribution is 2.20. The summed E-state index contributed by atoms with van der Waals surface area (Å²) in [7, 11) is 0. The van der Waals surface area contributed by atoms with Crippen molar-refractivity contribution >= 4 is 0 Å². The molecule has 2 aromatic rings. The minimum Gasteiger partial charge on any atom is -0.342 e. The Morgan fingerprint density at radius 2 is 2.07 bits per heavy atom. The zero-order chi connectivity index (χ0) is 10.1. The van der Waals surface area contributed by atoms with Gasteiger partial charge in [0.05, 0.1) is 5.56 Å². The predicted octanol–water partition coefficient (Wildman–Crippen LogP) is 2.66. The topological polar surface area (TPSA) is 28.7 Å². The van der Waals surface area contributed by atoms with Crippen LogP contribution in [0.15, 0.2) is 24.4 Å². The Morgan fingerprint density at radius 3 is 2.64 bits per heavy atom. The first-order valence-electron chi connectivity index (χ1n) is 4.14. The van der Waals surface area contributed by atoms with E-state index < -0.39 is 11.6 Å². The molecule has 0 aliphatic carbocycles. The van der Waals surface area contributed by atoms with Crippen LogP contribution in [-0.2, 0) is 0 Å². The number of imidazole rings is 1. The predicted molar refractivity (Wildman–Crippen MR) is 48.7 cm³/mol. The Morgan fingerprint density at radius 1 is 1.29 bits per heavy atom. The van der Waals surface area contributed by atoms with Crippen LogP contribution in [0.5, 0.6) is 0 Å². The van der Waals surface area contributed by atoms with E-state index in [1.54, 1.807) is 6.20 Å². The third kappa shape index (κ3) is 1.51. The molecule has 1 N–H and O–H groups in total. The Hall–Kier alpha value is -1.71. The largest absolute Gasteiger partial charge is 0.342 e. The van der Waals surface area contributed by atoms with E-state index in [-0.39, 0.29) is 5.56 Å². The van der Waals surface area contributed by atoms with Gasteiger partial charge in [0.25, 0.3) is 0 Å². The third-order valence-electron chi connectivity index (χ3n) is 1.89. The molecule has 2 nitrogen and oxygen atoms in total. The van der Waals surface area contributed by atoms with E-state index in [1.165, 1.54) is 12.1 Å². The second-order valence-corrected chi connectivity index (χ2v) is 3.04. The number of hydrogen-bond acceptors (Lipinski definition) is 1. The molecule has 0 amide bonds. The van der Waals surface area contributed by atoms with Gasteiger partial charge in [0.15, 0.2) is 0 Å². The average molecular weight is 194 g/mol. The highest BCUT2D eigenvalue weighted by molar-refractivity contribution is 5.55. The molecular formula is C10H8F2N2. The minimum atomic E-state index is -0.612. The quantitative estimate of drug-likeness (QED) is 0.742. The fourth-order valence-electron chi connectivity index (χ4n) is 1.23. The van der Waals surface area contributed by atoms with Crippen LogP contribution in [0.4, 0.5) is 8.78 Å². The van der Waals surface area contributed by atoms with Crippen LogP contribution in [0.3, 0.4) is 0 Å². The molecule has 0 bridgehead atoms. The van der Waals surface area contributed by atoms with Crippen LogP contribution in [-0.4, -0.2) is 9.97 Å². The van der Waals surface area contributed by atoms with E-state index in [0.29, 0.717) is 5.82 Å².